The maximum atomic E-state index is 12.4. The van der Waals surface area contributed by atoms with Crippen molar-refractivity contribution in [2.45, 2.75) is 31.1 Å². The Morgan fingerprint density at radius 2 is 1.51 bits per heavy atom. The molecule has 1 aromatic heterocycles. The summed E-state index contributed by atoms with van der Waals surface area (Å²) >= 11 is 12.4. The molecule has 37 heavy (non-hydrogen) atoms. The molecule has 1 amide bonds. The zero-order chi connectivity index (χ0) is 25.9. The maximum absolute atomic E-state index is 12.4. The van der Waals surface area contributed by atoms with Gasteiger partial charge in [-0.25, -0.2) is 0 Å². The number of ether oxygens (including phenoxy) is 1. The second kappa shape index (κ2) is 11.0. The molecular weight excluding hydrogens is 509 g/mol. The lowest BCUT2D eigenvalue weighted by molar-refractivity contribution is -0.147. The Kier molecular flexibility index (Phi) is 7.49. The first kappa shape index (κ1) is 25.3. The molecule has 0 aliphatic carbocycles. The molecule has 5 rings (SSSR count). The van der Waals surface area contributed by atoms with Crippen LogP contribution in [-0.4, -0.2) is 47.2 Å². The molecule has 0 atom stereocenters. The summed E-state index contributed by atoms with van der Waals surface area (Å²) in [5, 5.41) is 10.3. The molecule has 1 saturated heterocycles. The number of nitrogens with one attached hydrogen (secondary N) is 1. The number of esters is 1. The van der Waals surface area contributed by atoms with Gasteiger partial charge in [0.1, 0.15) is 6.42 Å². The van der Waals surface area contributed by atoms with Gasteiger partial charge < -0.3 is 9.64 Å². The molecule has 0 radical (unpaired) electrons. The van der Waals surface area contributed by atoms with E-state index in [1.54, 1.807) is 4.90 Å². The van der Waals surface area contributed by atoms with E-state index in [9.17, 15) is 9.59 Å². The van der Waals surface area contributed by atoms with Gasteiger partial charge in [-0.15, -0.1) is 0 Å². The number of benzene rings is 3. The van der Waals surface area contributed by atoms with Crippen LogP contribution in [0.2, 0.25) is 10.0 Å². The van der Waals surface area contributed by atoms with E-state index >= 15 is 0 Å². The smallest absolute Gasteiger partial charge is 0.315 e. The number of piperidine rings is 1. The third-order valence-electron chi connectivity index (χ3n) is 7.13. The summed E-state index contributed by atoms with van der Waals surface area (Å²) < 4.78 is 4.63. The molecule has 2 heterocycles. The van der Waals surface area contributed by atoms with E-state index in [1.807, 2.05) is 24.3 Å². The molecule has 1 aliphatic rings. The molecular formula is C29H27Cl2N3O3. The molecule has 3 aromatic carbocycles. The third-order valence-corrected chi connectivity index (χ3v) is 7.63. The van der Waals surface area contributed by atoms with Crippen molar-refractivity contribution in [3.8, 4) is 0 Å². The summed E-state index contributed by atoms with van der Waals surface area (Å²) in [4.78, 5) is 25.6. The molecule has 1 fully saturated rings. The number of methoxy groups -OCH3 is 1. The number of carbonyl (C=O) groups is 2. The number of hydrogen-bond donors (Lipinski definition) is 1. The molecule has 0 saturated carbocycles. The number of aromatic nitrogens is 2. The van der Waals surface area contributed by atoms with Gasteiger partial charge in [0.15, 0.2) is 0 Å². The van der Waals surface area contributed by atoms with Gasteiger partial charge in [0.25, 0.3) is 0 Å². The molecule has 1 N–H and O–H groups in total. The number of fused-ring (bicyclic) bond motifs is 1. The molecule has 0 spiro atoms. The first-order valence-corrected chi connectivity index (χ1v) is 13.0. The highest BCUT2D eigenvalue weighted by Gasteiger charge is 2.28. The van der Waals surface area contributed by atoms with Crippen molar-refractivity contribution in [2.75, 3.05) is 20.2 Å². The van der Waals surface area contributed by atoms with Crippen molar-refractivity contribution >= 4 is 46.0 Å². The number of hydrogen-bond acceptors (Lipinski definition) is 4. The zero-order valence-corrected chi connectivity index (χ0v) is 21.9. The Labute approximate surface area is 225 Å². The largest absolute Gasteiger partial charge is 0.469 e. The quantitative estimate of drug-likeness (QED) is 0.178. The molecule has 0 bridgehead atoms. The van der Waals surface area contributed by atoms with E-state index in [-0.39, 0.29) is 24.2 Å². The van der Waals surface area contributed by atoms with Crippen molar-refractivity contribution in [2.24, 2.45) is 0 Å². The van der Waals surface area contributed by atoms with Crippen LogP contribution in [0.4, 0.5) is 0 Å². The Morgan fingerprint density at radius 1 is 0.946 bits per heavy atom. The SMILES string of the molecule is COC(=O)CC(=O)N1CCC(c2[nH]nc3ccc(C(c4ccc(Cl)cc4)c4ccc(Cl)cc4)cc23)CC1. The van der Waals surface area contributed by atoms with Crippen LogP contribution in [-0.2, 0) is 14.3 Å². The van der Waals surface area contributed by atoms with Crippen LogP contribution in [0.25, 0.3) is 10.9 Å². The fraction of sp³-hybridized carbons (Fsp3) is 0.276. The number of nitrogens with zero attached hydrogens (tertiary/aromatic N) is 2. The maximum Gasteiger partial charge on any atom is 0.315 e. The van der Waals surface area contributed by atoms with Crippen molar-refractivity contribution in [1.29, 1.82) is 0 Å². The topological polar surface area (TPSA) is 75.3 Å². The predicted octanol–water partition coefficient (Wildman–Crippen LogP) is 6.32. The summed E-state index contributed by atoms with van der Waals surface area (Å²) in [5.74, 6) is -0.447. The summed E-state index contributed by atoms with van der Waals surface area (Å²) in [6, 6.07) is 22.3. The normalized spacial score (nSPS) is 14.3. The fourth-order valence-electron chi connectivity index (χ4n) is 5.15. The highest BCUT2D eigenvalue weighted by atomic mass is 35.5. The second-order valence-electron chi connectivity index (χ2n) is 9.36. The van der Waals surface area contributed by atoms with Crippen LogP contribution in [0.5, 0.6) is 0 Å². The Hall–Kier alpha value is -3.35. The number of likely N-dealkylation sites (tertiary alicyclic amines) is 1. The van der Waals surface area contributed by atoms with E-state index in [0.29, 0.717) is 23.1 Å². The lowest BCUT2D eigenvalue weighted by Crippen LogP contribution is -2.39. The van der Waals surface area contributed by atoms with Crippen LogP contribution in [0.15, 0.2) is 66.7 Å². The van der Waals surface area contributed by atoms with Gasteiger partial charge in [-0.2, -0.15) is 5.10 Å². The summed E-state index contributed by atoms with van der Waals surface area (Å²) in [6.45, 7) is 1.19. The second-order valence-corrected chi connectivity index (χ2v) is 10.2. The molecule has 1 aliphatic heterocycles. The van der Waals surface area contributed by atoms with Gasteiger partial charge in [0.2, 0.25) is 5.91 Å². The number of amides is 1. The van der Waals surface area contributed by atoms with Gasteiger partial charge in [-0.05, 0) is 65.9 Å². The lowest BCUT2D eigenvalue weighted by atomic mass is 9.84. The molecule has 0 unspecified atom stereocenters. The highest BCUT2D eigenvalue weighted by molar-refractivity contribution is 6.30. The van der Waals surface area contributed by atoms with E-state index < -0.39 is 5.97 Å². The van der Waals surface area contributed by atoms with Gasteiger partial charge in [-0.1, -0.05) is 53.5 Å². The van der Waals surface area contributed by atoms with Crippen LogP contribution < -0.4 is 0 Å². The first-order valence-electron chi connectivity index (χ1n) is 12.3. The first-order chi connectivity index (χ1) is 17.9. The van der Waals surface area contributed by atoms with Crippen molar-refractivity contribution in [3.63, 3.8) is 0 Å². The lowest BCUT2D eigenvalue weighted by Gasteiger charge is -2.31. The number of carbonyl (C=O) groups excluding carboxylic acids is 2. The van der Waals surface area contributed by atoms with Crippen molar-refractivity contribution < 1.29 is 14.3 Å². The van der Waals surface area contributed by atoms with E-state index in [0.717, 1.165) is 46.1 Å². The fourth-order valence-corrected chi connectivity index (χ4v) is 5.40. The monoisotopic (exact) mass is 535 g/mol. The summed E-state index contributed by atoms with van der Waals surface area (Å²) in [5.41, 5.74) is 5.41. The van der Waals surface area contributed by atoms with E-state index in [2.05, 4.69) is 57.4 Å². The van der Waals surface area contributed by atoms with Crippen LogP contribution in [0, 0.1) is 0 Å². The minimum Gasteiger partial charge on any atom is -0.469 e. The van der Waals surface area contributed by atoms with Gasteiger partial charge in [0, 0.05) is 46.1 Å². The Morgan fingerprint density at radius 3 is 2.08 bits per heavy atom. The van der Waals surface area contributed by atoms with Crippen molar-refractivity contribution in [1.82, 2.24) is 15.1 Å². The van der Waals surface area contributed by atoms with Crippen LogP contribution in [0.3, 0.4) is 0 Å². The summed E-state index contributed by atoms with van der Waals surface area (Å²) in [7, 11) is 1.30. The third kappa shape index (κ3) is 5.50. The minimum atomic E-state index is -0.504. The van der Waals surface area contributed by atoms with Crippen LogP contribution >= 0.6 is 23.2 Å². The minimum absolute atomic E-state index is 0.000487. The van der Waals surface area contributed by atoms with E-state index in [1.165, 1.54) is 7.11 Å². The molecule has 6 nitrogen and oxygen atoms in total. The summed E-state index contributed by atoms with van der Waals surface area (Å²) in [6.07, 6.45) is 1.38. The van der Waals surface area contributed by atoms with Gasteiger partial charge in [-0.3, -0.25) is 14.7 Å². The number of aromatic amines is 1. The number of halogens is 2. The number of rotatable bonds is 6. The highest BCUT2D eigenvalue weighted by Crippen LogP contribution is 2.37. The average molecular weight is 536 g/mol. The number of H-pyrrole nitrogens is 1. The van der Waals surface area contributed by atoms with Gasteiger partial charge >= 0.3 is 5.97 Å². The Bertz CT molecular complexity index is 1360. The standard InChI is InChI=1S/C29H27Cl2N3O3/c1-37-27(36)17-26(35)34-14-12-20(13-15-34)29-24-16-21(6-11-25(24)32-33-29)28(18-2-7-22(30)8-3-18)19-4-9-23(31)10-5-19/h2-11,16,20,28H,12-15,17H2,1H3,(H,32,33). The van der Waals surface area contributed by atoms with Crippen molar-refractivity contribution in [3.05, 3.63) is 99.2 Å². The van der Waals surface area contributed by atoms with E-state index in [4.69, 9.17) is 23.2 Å². The zero-order valence-electron chi connectivity index (χ0n) is 20.4. The Balaban J connectivity index is 1.44. The molecule has 4 aromatic rings. The van der Waals surface area contributed by atoms with Gasteiger partial charge in [0.05, 0.1) is 12.6 Å². The molecule has 8 heteroatoms. The van der Waals surface area contributed by atoms with Crippen LogP contribution in [0.1, 0.15) is 53.5 Å². The molecule has 190 valence electrons. The predicted molar refractivity (Wildman–Crippen MR) is 145 cm³/mol. The average Bonchev–Trinajstić information content (AvgIpc) is 3.34.